The molecular weight excluding hydrogens is 429 g/mol. The summed E-state index contributed by atoms with van der Waals surface area (Å²) in [7, 11) is 0. The molecule has 30 heavy (non-hydrogen) atoms. The minimum absolute atomic E-state index is 0.0829. The Labute approximate surface area is 181 Å². The fourth-order valence-electron chi connectivity index (χ4n) is 3.34. The quantitative estimate of drug-likeness (QED) is 0.596. The first-order valence-electron chi connectivity index (χ1n) is 9.41. The van der Waals surface area contributed by atoms with Gasteiger partial charge >= 0.3 is 0 Å². The van der Waals surface area contributed by atoms with Crippen molar-refractivity contribution in [3.63, 3.8) is 0 Å². The summed E-state index contributed by atoms with van der Waals surface area (Å²) < 4.78 is 18.8. The number of carbonyl (C=O) groups excluding carboxylic acids is 2. The zero-order valence-corrected chi connectivity index (χ0v) is 18.0. The lowest BCUT2D eigenvalue weighted by Gasteiger charge is -2.34. The van der Waals surface area contributed by atoms with Gasteiger partial charge in [0.15, 0.2) is 10.8 Å². The molecule has 3 heterocycles. The summed E-state index contributed by atoms with van der Waals surface area (Å²) in [6, 6.07) is 7.42. The van der Waals surface area contributed by atoms with E-state index in [0.717, 1.165) is 11.8 Å². The second-order valence-corrected chi connectivity index (χ2v) is 8.46. The van der Waals surface area contributed by atoms with E-state index < -0.39 is 5.82 Å². The summed E-state index contributed by atoms with van der Waals surface area (Å²) in [6.07, 6.45) is 0. The number of hydrogen-bond donors (Lipinski definition) is 0. The molecule has 0 N–H and O–H groups in total. The number of amides is 2. The van der Waals surface area contributed by atoms with Crippen molar-refractivity contribution in [2.75, 3.05) is 26.2 Å². The van der Waals surface area contributed by atoms with Gasteiger partial charge < -0.3 is 14.2 Å². The van der Waals surface area contributed by atoms with Crippen LogP contribution in [0.2, 0.25) is 5.02 Å². The molecule has 0 saturated carbocycles. The van der Waals surface area contributed by atoms with Crippen molar-refractivity contribution in [2.24, 2.45) is 0 Å². The van der Waals surface area contributed by atoms with Crippen molar-refractivity contribution in [1.29, 1.82) is 0 Å². The zero-order chi connectivity index (χ0) is 21.4. The minimum Gasteiger partial charge on any atom is -0.459 e. The highest BCUT2D eigenvalue weighted by atomic mass is 35.5. The van der Waals surface area contributed by atoms with E-state index >= 15 is 0 Å². The molecule has 4 rings (SSSR count). The summed E-state index contributed by atoms with van der Waals surface area (Å²) in [6.45, 7) is 5.21. The fraction of sp³-hybridized carbons (Fsp3) is 0.286. The van der Waals surface area contributed by atoms with E-state index in [0.29, 0.717) is 47.5 Å². The van der Waals surface area contributed by atoms with Crippen LogP contribution in [0.1, 0.15) is 31.5 Å². The molecule has 0 radical (unpaired) electrons. The van der Waals surface area contributed by atoms with Crippen LogP contribution in [0.5, 0.6) is 0 Å². The molecular formula is C21H19ClFN3O3S. The predicted molar refractivity (Wildman–Crippen MR) is 113 cm³/mol. The minimum atomic E-state index is -0.490. The van der Waals surface area contributed by atoms with E-state index in [1.807, 2.05) is 19.1 Å². The molecule has 2 amide bonds. The number of halogens is 2. The Kier molecular flexibility index (Phi) is 5.62. The van der Waals surface area contributed by atoms with Crippen molar-refractivity contribution in [3.8, 4) is 10.8 Å². The highest BCUT2D eigenvalue weighted by Crippen LogP contribution is 2.30. The van der Waals surface area contributed by atoms with Gasteiger partial charge in [-0.2, -0.15) is 0 Å². The van der Waals surface area contributed by atoms with E-state index in [-0.39, 0.29) is 22.4 Å². The SMILES string of the molecule is Cc1ccc(-c2nc(C)c(C(=O)N3CCN(C(=O)c4ccc(F)cc4Cl)CC3)s2)o1. The third-order valence-corrected chi connectivity index (χ3v) is 6.43. The van der Waals surface area contributed by atoms with Crippen molar-refractivity contribution < 1.29 is 18.4 Å². The van der Waals surface area contributed by atoms with Gasteiger partial charge in [0.1, 0.15) is 16.5 Å². The summed E-state index contributed by atoms with van der Waals surface area (Å²) >= 11 is 7.31. The number of carbonyl (C=O) groups is 2. The first-order valence-corrected chi connectivity index (χ1v) is 10.6. The summed E-state index contributed by atoms with van der Waals surface area (Å²) in [5.41, 5.74) is 0.917. The molecule has 156 valence electrons. The number of nitrogens with zero attached hydrogens (tertiary/aromatic N) is 3. The summed E-state index contributed by atoms with van der Waals surface area (Å²) in [5.74, 6) is 0.568. The lowest BCUT2D eigenvalue weighted by atomic mass is 10.1. The highest BCUT2D eigenvalue weighted by molar-refractivity contribution is 7.17. The van der Waals surface area contributed by atoms with E-state index in [4.69, 9.17) is 16.0 Å². The molecule has 1 aromatic carbocycles. The molecule has 1 aliphatic heterocycles. The lowest BCUT2D eigenvalue weighted by Crippen LogP contribution is -2.50. The molecule has 2 aromatic heterocycles. The molecule has 0 aliphatic carbocycles. The maximum atomic E-state index is 13.2. The number of aryl methyl sites for hydroxylation is 2. The Morgan fingerprint density at radius 1 is 1.07 bits per heavy atom. The first-order chi connectivity index (χ1) is 14.3. The molecule has 1 saturated heterocycles. The van der Waals surface area contributed by atoms with E-state index in [2.05, 4.69) is 4.98 Å². The molecule has 6 nitrogen and oxygen atoms in total. The van der Waals surface area contributed by atoms with Gasteiger partial charge in [-0.1, -0.05) is 11.6 Å². The van der Waals surface area contributed by atoms with E-state index in [1.54, 1.807) is 16.7 Å². The normalized spacial score (nSPS) is 14.3. The topological polar surface area (TPSA) is 66.7 Å². The van der Waals surface area contributed by atoms with Gasteiger partial charge in [0, 0.05) is 26.2 Å². The second kappa shape index (κ2) is 8.20. The van der Waals surface area contributed by atoms with Crippen LogP contribution < -0.4 is 0 Å². The van der Waals surface area contributed by atoms with Crippen LogP contribution in [-0.2, 0) is 0 Å². The van der Waals surface area contributed by atoms with Gasteiger partial charge in [0.2, 0.25) is 0 Å². The van der Waals surface area contributed by atoms with Crippen LogP contribution in [0.4, 0.5) is 4.39 Å². The Morgan fingerprint density at radius 2 is 1.73 bits per heavy atom. The predicted octanol–water partition coefficient (Wildman–Crippen LogP) is 4.41. The number of piperazine rings is 1. The molecule has 0 bridgehead atoms. The van der Waals surface area contributed by atoms with Crippen LogP contribution >= 0.6 is 22.9 Å². The van der Waals surface area contributed by atoms with Gasteiger partial charge in [-0.05, 0) is 44.2 Å². The van der Waals surface area contributed by atoms with Gasteiger partial charge in [0.25, 0.3) is 11.8 Å². The Morgan fingerprint density at radius 3 is 2.33 bits per heavy atom. The molecule has 0 unspecified atom stereocenters. The number of thiazole rings is 1. The lowest BCUT2D eigenvalue weighted by molar-refractivity contribution is 0.0537. The smallest absolute Gasteiger partial charge is 0.265 e. The van der Waals surface area contributed by atoms with Gasteiger partial charge in [-0.3, -0.25) is 9.59 Å². The average molecular weight is 448 g/mol. The van der Waals surface area contributed by atoms with Crippen molar-refractivity contribution in [3.05, 3.63) is 63.1 Å². The van der Waals surface area contributed by atoms with Crippen molar-refractivity contribution in [2.45, 2.75) is 13.8 Å². The summed E-state index contributed by atoms with van der Waals surface area (Å²) in [4.78, 5) is 34.1. The maximum absolute atomic E-state index is 13.2. The summed E-state index contributed by atoms with van der Waals surface area (Å²) in [5, 5.41) is 0.753. The number of furan rings is 1. The number of hydrogen-bond acceptors (Lipinski definition) is 5. The molecule has 1 aliphatic rings. The largest absolute Gasteiger partial charge is 0.459 e. The first kappa shape index (κ1) is 20.6. The van der Waals surface area contributed by atoms with Gasteiger partial charge in [0.05, 0.1) is 16.3 Å². The van der Waals surface area contributed by atoms with Crippen LogP contribution in [0.3, 0.4) is 0 Å². The Bertz CT molecular complexity index is 1120. The highest BCUT2D eigenvalue weighted by Gasteiger charge is 2.29. The molecule has 1 fully saturated rings. The van der Waals surface area contributed by atoms with Crippen LogP contribution in [0, 0.1) is 19.7 Å². The molecule has 0 atom stereocenters. The molecule has 3 aromatic rings. The Balaban J connectivity index is 1.43. The van der Waals surface area contributed by atoms with E-state index in [9.17, 15) is 14.0 Å². The average Bonchev–Trinajstić information content (AvgIpc) is 3.33. The third-order valence-electron chi connectivity index (χ3n) is 4.96. The standard InChI is InChI=1S/C21H19ClFN3O3S/c1-12-3-6-17(29-12)19-24-13(2)18(30-19)21(28)26-9-7-25(8-10-26)20(27)15-5-4-14(23)11-16(15)22/h3-6,11H,7-10H2,1-2H3. The van der Waals surface area contributed by atoms with Crippen LogP contribution in [0.15, 0.2) is 34.7 Å². The molecule has 9 heteroatoms. The zero-order valence-electron chi connectivity index (χ0n) is 16.4. The maximum Gasteiger partial charge on any atom is 0.265 e. The van der Waals surface area contributed by atoms with Gasteiger partial charge in [-0.25, -0.2) is 9.37 Å². The van der Waals surface area contributed by atoms with Crippen molar-refractivity contribution >= 4 is 34.8 Å². The van der Waals surface area contributed by atoms with Gasteiger partial charge in [-0.15, -0.1) is 11.3 Å². The molecule has 0 spiro atoms. The van der Waals surface area contributed by atoms with Crippen LogP contribution in [-0.4, -0.2) is 52.8 Å². The second-order valence-electron chi connectivity index (χ2n) is 7.05. The Hall–Kier alpha value is -2.71. The monoisotopic (exact) mass is 447 g/mol. The van der Waals surface area contributed by atoms with Crippen molar-refractivity contribution in [1.82, 2.24) is 14.8 Å². The number of rotatable bonds is 3. The van der Waals surface area contributed by atoms with E-state index in [1.165, 1.54) is 23.5 Å². The fourth-order valence-corrected chi connectivity index (χ4v) is 4.58. The number of benzene rings is 1. The third kappa shape index (κ3) is 3.97. The van der Waals surface area contributed by atoms with Crippen LogP contribution in [0.25, 0.3) is 10.8 Å². The number of aromatic nitrogens is 1.